The van der Waals surface area contributed by atoms with Gasteiger partial charge in [-0.3, -0.25) is 14.3 Å². The molecule has 2 heterocycles. The van der Waals surface area contributed by atoms with E-state index >= 15 is 0 Å². The molecule has 0 unspecified atom stereocenters. The summed E-state index contributed by atoms with van der Waals surface area (Å²) in [5, 5.41) is 8.35. The number of rotatable bonds is 2. The smallest absolute Gasteiger partial charge is 0.328 e. The molecule has 0 bridgehead atoms. The number of hydrogen-bond donors (Lipinski definition) is 2. The molecule has 0 aliphatic carbocycles. The molecule has 16 heavy (non-hydrogen) atoms. The Kier molecular flexibility index (Phi) is 2.88. The third-order valence-electron chi connectivity index (χ3n) is 1.76. The van der Waals surface area contributed by atoms with Crippen LogP contribution in [0.3, 0.4) is 0 Å². The fourth-order valence-corrected chi connectivity index (χ4v) is 2.03. The van der Waals surface area contributed by atoms with Crippen LogP contribution in [0.5, 0.6) is 0 Å². The second kappa shape index (κ2) is 4.18. The molecular formula is C7H6BrN5O2S. The molecule has 0 spiro atoms. The molecule has 0 saturated heterocycles. The lowest BCUT2D eigenvalue weighted by molar-refractivity contribution is 0.705. The highest BCUT2D eigenvalue weighted by Crippen LogP contribution is 2.11. The molecule has 9 heteroatoms. The molecule has 2 aromatic heterocycles. The molecule has 0 aliphatic rings. The lowest BCUT2D eigenvalue weighted by atomic mass is 10.6. The Bertz CT molecular complexity index is 630. The lowest BCUT2D eigenvalue weighted by Gasteiger charge is -2.01. The largest absolute Gasteiger partial charge is 0.374 e. The van der Waals surface area contributed by atoms with Gasteiger partial charge in [0.25, 0.3) is 5.56 Å². The molecule has 7 nitrogen and oxygen atoms in total. The molecule has 0 atom stereocenters. The second-order valence-electron chi connectivity index (χ2n) is 2.90. The molecule has 2 aromatic rings. The molecule has 0 aromatic carbocycles. The van der Waals surface area contributed by atoms with E-state index < -0.39 is 11.2 Å². The minimum absolute atomic E-state index is 0.225. The third kappa shape index (κ3) is 2.19. The average molecular weight is 304 g/mol. The fourth-order valence-electron chi connectivity index (χ4n) is 1.08. The quantitative estimate of drug-likeness (QED) is 0.798. The maximum Gasteiger partial charge on any atom is 0.328 e. The van der Waals surface area contributed by atoms with Crippen LogP contribution in [0.1, 0.15) is 5.01 Å². The molecule has 0 saturated carbocycles. The number of aromatic nitrogens is 4. The monoisotopic (exact) mass is 303 g/mol. The van der Waals surface area contributed by atoms with E-state index in [0.717, 1.165) is 0 Å². The van der Waals surface area contributed by atoms with Crippen molar-refractivity contribution < 1.29 is 0 Å². The number of hydrogen-bond acceptors (Lipinski definition) is 6. The Hall–Kier alpha value is -1.48. The van der Waals surface area contributed by atoms with Gasteiger partial charge in [-0.05, 0) is 15.9 Å². The highest BCUT2D eigenvalue weighted by atomic mass is 79.9. The number of halogens is 1. The predicted octanol–water partition coefficient (Wildman–Crippen LogP) is -0.219. The van der Waals surface area contributed by atoms with Crippen LogP contribution in [0.25, 0.3) is 0 Å². The van der Waals surface area contributed by atoms with Crippen LogP contribution < -0.4 is 17.0 Å². The standard InChI is InChI=1S/C7H6BrN5O2S/c8-3-1-13(7(15)10-5(3)14)2-4-11-12-6(9)16-4/h1H,2H2,(H2,9,12)(H,10,14,15). The third-order valence-corrected chi connectivity index (χ3v) is 3.06. The number of aromatic amines is 1. The van der Waals surface area contributed by atoms with Gasteiger partial charge in [0, 0.05) is 6.20 Å². The number of nitrogens with two attached hydrogens (primary N) is 1. The van der Waals surface area contributed by atoms with E-state index in [2.05, 4.69) is 31.1 Å². The summed E-state index contributed by atoms with van der Waals surface area (Å²) in [5.74, 6) is 0. The molecule has 2 rings (SSSR count). The first-order valence-corrected chi connectivity index (χ1v) is 5.74. The summed E-state index contributed by atoms with van der Waals surface area (Å²) in [4.78, 5) is 24.7. The van der Waals surface area contributed by atoms with Crippen LogP contribution in [0.2, 0.25) is 0 Å². The maximum absolute atomic E-state index is 11.4. The van der Waals surface area contributed by atoms with Gasteiger partial charge in [0.05, 0.1) is 11.0 Å². The summed E-state index contributed by atoms with van der Waals surface area (Å²) >= 11 is 4.23. The SMILES string of the molecule is Nc1nnc(Cn2cc(Br)c(=O)[nH]c2=O)s1. The van der Waals surface area contributed by atoms with Gasteiger partial charge in [-0.25, -0.2) is 4.79 Å². The van der Waals surface area contributed by atoms with Gasteiger partial charge in [-0.2, -0.15) is 0 Å². The molecular weight excluding hydrogens is 298 g/mol. The fraction of sp³-hybridized carbons (Fsp3) is 0.143. The van der Waals surface area contributed by atoms with Crippen LogP contribution in [-0.4, -0.2) is 19.7 Å². The topological polar surface area (TPSA) is 107 Å². The Labute approximate surface area is 101 Å². The first-order valence-electron chi connectivity index (χ1n) is 4.13. The molecule has 0 amide bonds. The summed E-state index contributed by atoms with van der Waals surface area (Å²) in [6.45, 7) is 0.225. The molecule has 0 fully saturated rings. The van der Waals surface area contributed by atoms with Gasteiger partial charge in [-0.1, -0.05) is 11.3 Å². The Morgan fingerprint density at radius 3 is 2.88 bits per heavy atom. The van der Waals surface area contributed by atoms with Crippen molar-refractivity contribution in [2.75, 3.05) is 5.73 Å². The number of nitrogens with zero attached hydrogens (tertiary/aromatic N) is 3. The first kappa shape index (κ1) is 11.0. The van der Waals surface area contributed by atoms with Crippen LogP contribution >= 0.6 is 27.3 Å². The van der Waals surface area contributed by atoms with Gasteiger partial charge in [-0.15, -0.1) is 10.2 Å². The van der Waals surface area contributed by atoms with E-state index in [1.54, 1.807) is 0 Å². The van der Waals surface area contributed by atoms with Crippen molar-refractivity contribution in [2.24, 2.45) is 0 Å². The van der Waals surface area contributed by atoms with E-state index in [9.17, 15) is 9.59 Å². The molecule has 3 N–H and O–H groups in total. The minimum atomic E-state index is -0.498. The predicted molar refractivity (Wildman–Crippen MR) is 62.4 cm³/mol. The molecule has 0 aliphatic heterocycles. The zero-order valence-electron chi connectivity index (χ0n) is 7.81. The molecule has 0 radical (unpaired) electrons. The van der Waals surface area contributed by atoms with Crippen molar-refractivity contribution in [3.63, 3.8) is 0 Å². The van der Waals surface area contributed by atoms with Crippen LogP contribution in [0, 0.1) is 0 Å². The highest BCUT2D eigenvalue weighted by Gasteiger charge is 2.06. The van der Waals surface area contributed by atoms with E-state index in [4.69, 9.17) is 5.73 Å². The normalized spacial score (nSPS) is 10.6. The summed E-state index contributed by atoms with van der Waals surface area (Å²) < 4.78 is 1.59. The first-order chi connectivity index (χ1) is 7.56. The maximum atomic E-state index is 11.4. The number of nitrogen functional groups attached to an aromatic ring is 1. The van der Waals surface area contributed by atoms with Crippen molar-refractivity contribution in [2.45, 2.75) is 6.54 Å². The van der Waals surface area contributed by atoms with Crippen molar-refractivity contribution >= 4 is 32.4 Å². The Balaban J connectivity index is 2.39. The molecule has 84 valence electrons. The zero-order valence-corrected chi connectivity index (χ0v) is 10.2. The van der Waals surface area contributed by atoms with Gasteiger partial charge in [0.2, 0.25) is 5.13 Å². The van der Waals surface area contributed by atoms with Crippen molar-refractivity contribution in [3.8, 4) is 0 Å². The van der Waals surface area contributed by atoms with Gasteiger partial charge in [0.15, 0.2) is 0 Å². The van der Waals surface area contributed by atoms with E-state index in [-0.39, 0.29) is 11.0 Å². The zero-order chi connectivity index (χ0) is 11.7. The second-order valence-corrected chi connectivity index (χ2v) is 4.85. The highest BCUT2D eigenvalue weighted by molar-refractivity contribution is 9.10. The summed E-state index contributed by atoms with van der Waals surface area (Å²) in [6, 6.07) is 0. The summed E-state index contributed by atoms with van der Waals surface area (Å²) in [6.07, 6.45) is 1.40. The van der Waals surface area contributed by atoms with Crippen LogP contribution in [0.4, 0.5) is 5.13 Å². The van der Waals surface area contributed by atoms with E-state index in [1.165, 1.54) is 22.1 Å². The van der Waals surface area contributed by atoms with Crippen molar-refractivity contribution in [3.05, 3.63) is 36.5 Å². The average Bonchev–Trinajstić information content (AvgIpc) is 2.60. The Morgan fingerprint density at radius 2 is 2.25 bits per heavy atom. The van der Waals surface area contributed by atoms with Crippen LogP contribution in [0.15, 0.2) is 20.3 Å². The number of nitrogens with one attached hydrogen (secondary N) is 1. The van der Waals surface area contributed by atoms with Gasteiger partial charge >= 0.3 is 5.69 Å². The summed E-state index contributed by atoms with van der Waals surface area (Å²) in [5.41, 5.74) is 4.46. The van der Waals surface area contributed by atoms with E-state index in [1.807, 2.05) is 0 Å². The van der Waals surface area contributed by atoms with E-state index in [0.29, 0.717) is 10.1 Å². The number of H-pyrrole nitrogens is 1. The van der Waals surface area contributed by atoms with Crippen molar-refractivity contribution in [1.82, 2.24) is 19.7 Å². The van der Waals surface area contributed by atoms with Gasteiger partial charge in [0.1, 0.15) is 5.01 Å². The minimum Gasteiger partial charge on any atom is -0.374 e. The lowest BCUT2D eigenvalue weighted by Crippen LogP contribution is -2.30. The number of anilines is 1. The van der Waals surface area contributed by atoms with Gasteiger partial charge < -0.3 is 5.73 Å². The summed E-state index contributed by atoms with van der Waals surface area (Å²) in [7, 11) is 0. The van der Waals surface area contributed by atoms with Crippen molar-refractivity contribution in [1.29, 1.82) is 0 Å². The van der Waals surface area contributed by atoms with Crippen LogP contribution in [-0.2, 0) is 6.54 Å². The Morgan fingerprint density at radius 1 is 1.50 bits per heavy atom.